The van der Waals surface area contributed by atoms with Gasteiger partial charge in [-0.25, -0.2) is 4.99 Å². The number of guanidine groups is 1. The van der Waals surface area contributed by atoms with Gasteiger partial charge < -0.3 is 20.3 Å². The number of ether oxygens (including phenoxy) is 1. The molecule has 0 fully saturated rings. The van der Waals surface area contributed by atoms with E-state index in [1.807, 2.05) is 24.3 Å². The normalized spacial score (nSPS) is 13.0. The van der Waals surface area contributed by atoms with Crippen LogP contribution in [0.3, 0.4) is 0 Å². The van der Waals surface area contributed by atoms with E-state index in [1.165, 1.54) is 6.42 Å². The standard InChI is InChI=1S/C18H32N4O/c1-6-15(3)22(4)13-12-20-18(19-7-2)21-14-16-10-8-9-11-17(16)23-5/h8-11,15H,6-7,12-14H2,1-5H3,(H2,19,20,21). The van der Waals surface area contributed by atoms with Crippen molar-refractivity contribution in [3.8, 4) is 5.75 Å². The zero-order valence-electron chi connectivity index (χ0n) is 15.2. The molecule has 130 valence electrons. The molecule has 0 amide bonds. The Morgan fingerprint density at radius 3 is 2.65 bits per heavy atom. The van der Waals surface area contributed by atoms with E-state index in [1.54, 1.807) is 7.11 Å². The number of para-hydroxylation sites is 1. The fourth-order valence-electron chi connectivity index (χ4n) is 2.22. The molecular formula is C18H32N4O. The molecule has 5 heteroatoms. The van der Waals surface area contributed by atoms with E-state index in [-0.39, 0.29) is 0 Å². The van der Waals surface area contributed by atoms with Crippen molar-refractivity contribution in [1.29, 1.82) is 0 Å². The molecular weight excluding hydrogens is 288 g/mol. The lowest BCUT2D eigenvalue weighted by Gasteiger charge is -2.24. The molecule has 0 saturated heterocycles. The highest BCUT2D eigenvalue weighted by atomic mass is 16.5. The van der Waals surface area contributed by atoms with E-state index in [0.29, 0.717) is 12.6 Å². The predicted molar refractivity (Wildman–Crippen MR) is 98.2 cm³/mol. The maximum Gasteiger partial charge on any atom is 0.191 e. The van der Waals surface area contributed by atoms with E-state index in [4.69, 9.17) is 4.74 Å². The Morgan fingerprint density at radius 2 is 2.00 bits per heavy atom. The van der Waals surface area contributed by atoms with Crippen LogP contribution < -0.4 is 15.4 Å². The Bertz CT molecular complexity index is 476. The van der Waals surface area contributed by atoms with Crippen LogP contribution in [0.4, 0.5) is 0 Å². The van der Waals surface area contributed by atoms with Gasteiger partial charge in [0, 0.05) is 31.2 Å². The Hall–Kier alpha value is -1.75. The van der Waals surface area contributed by atoms with Crippen LogP contribution in [0, 0.1) is 0 Å². The molecule has 0 aliphatic carbocycles. The number of methoxy groups -OCH3 is 1. The molecule has 1 atom stereocenters. The molecule has 0 aliphatic rings. The zero-order chi connectivity index (χ0) is 17.1. The van der Waals surface area contributed by atoms with Crippen LogP contribution in [-0.2, 0) is 6.54 Å². The van der Waals surface area contributed by atoms with Crippen molar-refractivity contribution in [1.82, 2.24) is 15.5 Å². The minimum absolute atomic E-state index is 0.598. The second kappa shape index (κ2) is 10.9. The van der Waals surface area contributed by atoms with Crippen LogP contribution in [-0.4, -0.2) is 50.7 Å². The van der Waals surface area contributed by atoms with Crippen molar-refractivity contribution in [2.45, 2.75) is 39.8 Å². The molecule has 1 aromatic carbocycles. The van der Waals surface area contributed by atoms with Crippen molar-refractivity contribution in [2.75, 3.05) is 33.8 Å². The third-order valence-electron chi connectivity index (χ3n) is 4.04. The maximum atomic E-state index is 5.37. The van der Waals surface area contributed by atoms with Gasteiger partial charge in [0.25, 0.3) is 0 Å². The van der Waals surface area contributed by atoms with Crippen LogP contribution in [0.25, 0.3) is 0 Å². The third kappa shape index (κ3) is 6.91. The minimum Gasteiger partial charge on any atom is -0.496 e. The lowest BCUT2D eigenvalue weighted by atomic mass is 10.2. The Morgan fingerprint density at radius 1 is 1.26 bits per heavy atom. The number of hydrogen-bond donors (Lipinski definition) is 2. The summed E-state index contributed by atoms with van der Waals surface area (Å²) in [7, 11) is 3.85. The van der Waals surface area contributed by atoms with Gasteiger partial charge in [-0.3, -0.25) is 0 Å². The fourth-order valence-corrected chi connectivity index (χ4v) is 2.22. The van der Waals surface area contributed by atoms with E-state index in [0.717, 1.165) is 36.9 Å². The van der Waals surface area contributed by atoms with E-state index in [9.17, 15) is 0 Å². The molecule has 0 bridgehead atoms. The second-order valence-electron chi connectivity index (χ2n) is 5.67. The van der Waals surface area contributed by atoms with Crippen LogP contribution >= 0.6 is 0 Å². The molecule has 0 saturated carbocycles. The van der Waals surface area contributed by atoms with Crippen molar-refractivity contribution in [2.24, 2.45) is 4.99 Å². The summed E-state index contributed by atoms with van der Waals surface area (Å²) in [5, 5.41) is 6.68. The van der Waals surface area contributed by atoms with E-state index < -0.39 is 0 Å². The van der Waals surface area contributed by atoms with Crippen LogP contribution in [0.5, 0.6) is 5.75 Å². The van der Waals surface area contributed by atoms with Crippen molar-refractivity contribution >= 4 is 5.96 Å². The summed E-state index contributed by atoms with van der Waals surface area (Å²) in [6.07, 6.45) is 1.17. The van der Waals surface area contributed by atoms with Gasteiger partial charge in [0.1, 0.15) is 5.75 Å². The predicted octanol–water partition coefficient (Wildman–Crippen LogP) is 2.48. The third-order valence-corrected chi connectivity index (χ3v) is 4.04. The van der Waals surface area contributed by atoms with Gasteiger partial charge in [0.15, 0.2) is 5.96 Å². The number of aliphatic imine (C=N–C) groups is 1. The number of nitrogens with one attached hydrogen (secondary N) is 2. The molecule has 1 unspecified atom stereocenters. The molecule has 1 rings (SSSR count). The molecule has 5 nitrogen and oxygen atoms in total. The van der Waals surface area contributed by atoms with Crippen molar-refractivity contribution in [3.05, 3.63) is 29.8 Å². The molecule has 2 N–H and O–H groups in total. The molecule has 23 heavy (non-hydrogen) atoms. The van der Waals surface area contributed by atoms with Gasteiger partial charge in [0.05, 0.1) is 13.7 Å². The Kier molecular flexibility index (Phi) is 9.14. The number of hydrogen-bond acceptors (Lipinski definition) is 3. The largest absolute Gasteiger partial charge is 0.496 e. The van der Waals surface area contributed by atoms with Gasteiger partial charge in [0.2, 0.25) is 0 Å². The quantitative estimate of drug-likeness (QED) is 0.542. The first-order chi connectivity index (χ1) is 11.1. The van der Waals surface area contributed by atoms with Crippen LogP contribution in [0.1, 0.15) is 32.8 Å². The van der Waals surface area contributed by atoms with Crippen molar-refractivity contribution in [3.63, 3.8) is 0 Å². The highest BCUT2D eigenvalue weighted by molar-refractivity contribution is 5.79. The Balaban J connectivity index is 2.56. The van der Waals surface area contributed by atoms with Gasteiger partial charge >= 0.3 is 0 Å². The SMILES string of the molecule is CCNC(=NCc1ccccc1OC)NCCN(C)C(C)CC. The van der Waals surface area contributed by atoms with Gasteiger partial charge in [-0.05, 0) is 33.4 Å². The molecule has 1 aromatic rings. The summed E-state index contributed by atoms with van der Waals surface area (Å²) in [4.78, 5) is 7.01. The van der Waals surface area contributed by atoms with E-state index >= 15 is 0 Å². The summed E-state index contributed by atoms with van der Waals surface area (Å²) in [6.45, 7) is 9.85. The highest BCUT2D eigenvalue weighted by Gasteiger charge is 2.06. The second-order valence-corrected chi connectivity index (χ2v) is 5.67. The summed E-state index contributed by atoms with van der Waals surface area (Å²) in [5.41, 5.74) is 1.09. The summed E-state index contributed by atoms with van der Waals surface area (Å²) >= 11 is 0. The van der Waals surface area contributed by atoms with Crippen LogP contribution in [0.15, 0.2) is 29.3 Å². The fraction of sp³-hybridized carbons (Fsp3) is 0.611. The molecule has 0 spiro atoms. The van der Waals surface area contributed by atoms with E-state index in [2.05, 4.69) is 48.3 Å². The minimum atomic E-state index is 0.598. The molecule has 0 radical (unpaired) electrons. The lowest BCUT2D eigenvalue weighted by molar-refractivity contribution is 0.255. The maximum absolute atomic E-state index is 5.37. The first-order valence-corrected chi connectivity index (χ1v) is 8.46. The molecule has 0 heterocycles. The highest BCUT2D eigenvalue weighted by Crippen LogP contribution is 2.17. The molecule has 0 aromatic heterocycles. The summed E-state index contributed by atoms with van der Waals surface area (Å²) in [5.74, 6) is 1.72. The Labute approximate surface area is 141 Å². The first kappa shape index (κ1) is 19.3. The molecule has 0 aliphatic heterocycles. The average molecular weight is 320 g/mol. The number of rotatable bonds is 9. The zero-order valence-corrected chi connectivity index (χ0v) is 15.2. The summed E-state index contributed by atoms with van der Waals surface area (Å²) < 4.78 is 5.37. The summed E-state index contributed by atoms with van der Waals surface area (Å²) in [6, 6.07) is 8.59. The average Bonchev–Trinajstić information content (AvgIpc) is 2.58. The van der Waals surface area contributed by atoms with Gasteiger partial charge in [-0.15, -0.1) is 0 Å². The topological polar surface area (TPSA) is 48.9 Å². The van der Waals surface area contributed by atoms with Crippen LogP contribution in [0.2, 0.25) is 0 Å². The number of likely N-dealkylation sites (N-methyl/N-ethyl adjacent to an activating group) is 1. The monoisotopic (exact) mass is 320 g/mol. The first-order valence-electron chi connectivity index (χ1n) is 8.46. The van der Waals surface area contributed by atoms with Gasteiger partial charge in [-0.1, -0.05) is 25.1 Å². The number of nitrogens with zero attached hydrogens (tertiary/aromatic N) is 2. The smallest absolute Gasteiger partial charge is 0.191 e. The van der Waals surface area contributed by atoms with Crippen molar-refractivity contribution < 1.29 is 4.74 Å². The van der Waals surface area contributed by atoms with Gasteiger partial charge in [-0.2, -0.15) is 0 Å². The number of benzene rings is 1. The lowest BCUT2D eigenvalue weighted by Crippen LogP contribution is -2.42.